The molecule has 2 rings (SSSR count). The fraction of sp³-hybridized carbons (Fsp3) is 0.333. The van der Waals surface area contributed by atoms with Crippen LogP contribution in [0.15, 0.2) is 18.2 Å². The third-order valence-electron chi connectivity index (χ3n) is 2.98. The molecule has 1 aromatic carbocycles. The lowest BCUT2D eigenvalue weighted by Crippen LogP contribution is -2.43. The fourth-order valence-electron chi connectivity index (χ4n) is 1.97. The molecule has 0 unspecified atom stereocenters. The summed E-state index contributed by atoms with van der Waals surface area (Å²) in [7, 11) is 0. The maximum atomic E-state index is 11.9. The SMILES string of the molecule is C[C@H]1C(=O)Nc2ccc(Cl)cc2CN1CC(N)=O. The third kappa shape index (κ3) is 2.63. The molecule has 0 bridgehead atoms. The van der Waals surface area contributed by atoms with E-state index in [0.717, 1.165) is 11.3 Å². The van der Waals surface area contributed by atoms with Gasteiger partial charge in [0, 0.05) is 17.3 Å². The minimum Gasteiger partial charge on any atom is -0.369 e. The van der Waals surface area contributed by atoms with Gasteiger partial charge < -0.3 is 11.1 Å². The first kappa shape index (κ1) is 12.9. The predicted octanol–water partition coefficient (Wildman–Crippen LogP) is 0.968. The van der Waals surface area contributed by atoms with Crippen molar-refractivity contribution in [3.63, 3.8) is 0 Å². The summed E-state index contributed by atoms with van der Waals surface area (Å²) in [5.74, 6) is -0.613. The van der Waals surface area contributed by atoms with Gasteiger partial charge in [-0.2, -0.15) is 0 Å². The number of benzene rings is 1. The number of amides is 2. The zero-order valence-corrected chi connectivity index (χ0v) is 10.7. The van der Waals surface area contributed by atoms with E-state index in [2.05, 4.69) is 5.32 Å². The second-order valence-electron chi connectivity index (χ2n) is 4.34. The quantitative estimate of drug-likeness (QED) is 0.838. The highest BCUT2D eigenvalue weighted by Gasteiger charge is 2.27. The Morgan fingerprint density at radius 3 is 3.00 bits per heavy atom. The van der Waals surface area contributed by atoms with E-state index in [-0.39, 0.29) is 12.5 Å². The van der Waals surface area contributed by atoms with E-state index in [4.69, 9.17) is 17.3 Å². The molecule has 5 nitrogen and oxygen atoms in total. The molecule has 1 heterocycles. The van der Waals surface area contributed by atoms with Crippen molar-refractivity contribution in [3.05, 3.63) is 28.8 Å². The molecule has 1 aliphatic heterocycles. The number of fused-ring (bicyclic) bond motifs is 1. The minimum atomic E-state index is -0.458. The number of carbonyl (C=O) groups is 2. The van der Waals surface area contributed by atoms with Gasteiger partial charge in [0.15, 0.2) is 0 Å². The number of hydrogen-bond donors (Lipinski definition) is 2. The molecule has 0 aliphatic carbocycles. The molecule has 6 heteroatoms. The van der Waals surface area contributed by atoms with Crippen molar-refractivity contribution in [2.45, 2.75) is 19.5 Å². The van der Waals surface area contributed by atoms with Crippen LogP contribution in [-0.2, 0) is 16.1 Å². The Morgan fingerprint density at radius 2 is 2.33 bits per heavy atom. The number of nitrogens with zero attached hydrogens (tertiary/aromatic N) is 1. The summed E-state index contributed by atoms with van der Waals surface area (Å²) in [6, 6.07) is 4.85. The van der Waals surface area contributed by atoms with Crippen LogP contribution in [-0.4, -0.2) is 29.3 Å². The zero-order chi connectivity index (χ0) is 13.3. The molecule has 1 atom stereocenters. The lowest BCUT2D eigenvalue weighted by molar-refractivity contribution is -0.123. The van der Waals surface area contributed by atoms with Gasteiger partial charge in [-0.25, -0.2) is 0 Å². The number of primary amides is 1. The molecule has 96 valence electrons. The van der Waals surface area contributed by atoms with Crippen LogP contribution >= 0.6 is 11.6 Å². The summed E-state index contributed by atoms with van der Waals surface area (Å²) < 4.78 is 0. The van der Waals surface area contributed by atoms with Gasteiger partial charge in [0.1, 0.15) is 0 Å². The first-order valence-corrected chi connectivity index (χ1v) is 5.97. The van der Waals surface area contributed by atoms with Gasteiger partial charge in [0.2, 0.25) is 11.8 Å². The maximum absolute atomic E-state index is 11.9. The zero-order valence-electron chi connectivity index (χ0n) is 9.94. The second kappa shape index (κ2) is 4.96. The van der Waals surface area contributed by atoms with E-state index in [1.54, 1.807) is 30.0 Å². The molecule has 2 amide bonds. The Kier molecular flexibility index (Phi) is 3.54. The van der Waals surface area contributed by atoms with Crippen LogP contribution in [0.5, 0.6) is 0 Å². The lowest BCUT2D eigenvalue weighted by atomic mass is 10.1. The van der Waals surface area contributed by atoms with Gasteiger partial charge in [-0.15, -0.1) is 0 Å². The van der Waals surface area contributed by atoms with Gasteiger partial charge in [0.25, 0.3) is 0 Å². The standard InChI is InChI=1S/C12H14ClN3O2/c1-7-12(18)15-10-3-2-9(13)4-8(10)5-16(7)6-11(14)17/h2-4,7H,5-6H2,1H3,(H2,14,17)(H,15,18)/t7-/m0/s1. The third-order valence-corrected chi connectivity index (χ3v) is 3.22. The number of nitrogens with two attached hydrogens (primary N) is 1. The summed E-state index contributed by atoms with van der Waals surface area (Å²) in [5.41, 5.74) is 6.80. The summed E-state index contributed by atoms with van der Waals surface area (Å²) in [4.78, 5) is 24.7. The average Bonchev–Trinajstić information content (AvgIpc) is 2.39. The summed E-state index contributed by atoms with van der Waals surface area (Å²) >= 11 is 5.93. The van der Waals surface area contributed by atoms with Gasteiger partial charge in [0.05, 0.1) is 12.6 Å². The Bertz CT molecular complexity index is 504. The maximum Gasteiger partial charge on any atom is 0.241 e. The van der Waals surface area contributed by atoms with Crippen molar-refractivity contribution in [1.29, 1.82) is 0 Å². The Labute approximate surface area is 110 Å². The molecule has 0 saturated heterocycles. The Hall–Kier alpha value is -1.59. The number of rotatable bonds is 2. The molecular formula is C12H14ClN3O2. The van der Waals surface area contributed by atoms with Crippen molar-refractivity contribution < 1.29 is 9.59 Å². The molecule has 0 fully saturated rings. The van der Waals surface area contributed by atoms with E-state index >= 15 is 0 Å². The second-order valence-corrected chi connectivity index (χ2v) is 4.77. The van der Waals surface area contributed by atoms with Crippen molar-refractivity contribution in [2.75, 3.05) is 11.9 Å². The van der Waals surface area contributed by atoms with Gasteiger partial charge in [-0.05, 0) is 30.7 Å². The van der Waals surface area contributed by atoms with Crippen LogP contribution in [0.2, 0.25) is 5.02 Å². The van der Waals surface area contributed by atoms with Crippen molar-refractivity contribution in [2.24, 2.45) is 5.73 Å². The molecule has 0 aromatic heterocycles. The van der Waals surface area contributed by atoms with E-state index in [1.807, 2.05) is 0 Å². The van der Waals surface area contributed by atoms with E-state index in [9.17, 15) is 9.59 Å². The van der Waals surface area contributed by atoms with Gasteiger partial charge >= 0.3 is 0 Å². The monoisotopic (exact) mass is 267 g/mol. The highest BCUT2D eigenvalue weighted by Crippen LogP contribution is 2.25. The molecule has 3 N–H and O–H groups in total. The van der Waals surface area contributed by atoms with Crippen LogP contribution in [0.25, 0.3) is 0 Å². The van der Waals surface area contributed by atoms with Crippen molar-refractivity contribution in [1.82, 2.24) is 4.90 Å². The fourth-order valence-corrected chi connectivity index (χ4v) is 2.16. The molecule has 0 radical (unpaired) electrons. The average molecular weight is 268 g/mol. The highest BCUT2D eigenvalue weighted by molar-refractivity contribution is 6.30. The minimum absolute atomic E-state index is 0.0422. The molecule has 1 aliphatic rings. The van der Waals surface area contributed by atoms with E-state index < -0.39 is 11.9 Å². The molecule has 0 saturated carbocycles. The van der Waals surface area contributed by atoms with E-state index in [1.165, 1.54) is 0 Å². The smallest absolute Gasteiger partial charge is 0.241 e. The summed E-state index contributed by atoms with van der Waals surface area (Å²) in [6.07, 6.45) is 0. The van der Waals surface area contributed by atoms with Crippen LogP contribution in [0.1, 0.15) is 12.5 Å². The Morgan fingerprint density at radius 1 is 1.61 bits per heavy atom. The number of hydrogen-bond acceptors (Lipinski definition) is 3. The molecular weight excluding hydrogens is 254 g/mol. The highest BCUT2D eigenvalue weighted by atomic mass is 35.5. The number of carbonyl (C=O) groups excluding carboxylic acids is 2. The van der Waals surface area contributed by atoms with Gasteiger partial charge in [-0.1, -0.05) is 11.6 Å². The largest absolute Gasteiger partial charge is 0.369 e. The number of nitrogens with one attached hydrogen (secondary N) is 1. The van der Waals surface area contributed by atoms with Crippen LogP contribution in [0, 0.1) is 0 Å². The molecule has 18 heavy (non-hydrogen) atoms. The number of anilines is 1. The molecule has 0 spiro atoms. The summed E-state index contributed by atoms with van der Waals surface area (Å²) in [6.45, 7) is 2.24. The normalized spacial score (nSPS) is 19.9. The topological polar surface area (TPSA) is 75.4 Å². The first-order valence-electron chi connectivity index (χ1n) is 5.59. The van der Waals surface area contributed by atoms with Crippen molar-refractivity contribution >= 4 is 29.1 Å². The number of halogens is 1. The van der Waals surface area contributed by atoms with E-state index in [0.29, 0.717) is 11.6 Å². The van der Waals surface area contributed by atoms with Crippen LogP contribution < -0.4 is 11.1 Å². The lowest BCUT2D eigenvalue weighted by Gasteiger charge is -2.23. The first-order chi connectivity index (χ1) is 8.47. The summed E-state index contributed by atoms with van der Waals surface area (Å²) in [5, 5.41) is 3.41. The predicted molar refractivity (Wildman–Crippen MR) is 69.1 cm³/mol. The Balaban J connectivity index is 2.35. The van der Waals surface area contributed by atoms with Crippen LogP contribution in [0.3, 0.4) is 0 Å². The van der Waals surface area contributed by atoms with Crippen molar-refractivity contribution in [3.8, 4) is 0 Å². The molecule has 1 aromatic rings. The van der Waals surface area contributed by atoms with Gasteiger partial charge in [-0.3, -0.25) is 14.5 Å². The van der Waals surface area contributed by atoms with Crippen LogP contribution in [0.4, 0.5) is 5.69 Å².